The minimum absolute atomic E-state index is 0.568. The lowest BCUT2D eigenvalue weighted by molar-refractivity contribution is 0.686. The van der Waals surface area contributed by atoms with Crippen molar-refractivity contribution in [3.05, 3.63) is 131 Å². The molecule has 0 saturated carbocycles. The number of allylic oxidation sites excluding steroid dienone is 4. The van der Waals surface area contributed by atoms with Crippen LogP contribution in [0.15, 0.2) is 115 Å². The van der Waals surface area contributed by atoms with E-state index >= 15 is 0 Å². The Kier molecular flexibility index (Phi) is 5.97. The molecule has 0 fully saturated rings. The van der Waals surface area contributed by atoms with Crippen molar-refractivity contribution in [3.8, 4) is 35.5 Å². The van der Waals surface area contributed by atoms with Crippen molar-refractivity contribution < 1.29 is 0 Å². The van der Waals surface area contributed by atoms with Crippen LogP contribution >= 0.6 is 0 Å². The predicted molar refractivity (Wildman–Crippen MR) is 124 cm³/mol. The van der Waals surface area contributed by atoms with Gasteiger partial charge < -0.3 is 0 Å². The van der Waals surface area contributed by atoms with Crippen LogP contribution in [0, 0.1) is 40.9 Å². The van der Waals surface area contributed by atoms with Gasteiger partial charge in [-0.05, 0) is 48.9 Å². The maximum atomic E-state index is 3.43. The van der Waals surface area contributed by atoms with E-state index in [0.717, 1.165) is 28.7 Å². The van der Waals surface area contributed by atoms with Crippen molar-refractivity contribution in [1.82, 2.24) is 0 Å². The van der Waals surface area contributed by atoms with Gasteiger partial charge in [-0.2, -0.15) is 0 Å². The maximum absolute atomic E-state index is 3.43. The van der Waals surface area contributed by atoms with Gasteiger partial charge in [-0.1, -0.05) is 102 Å². The summed E-state index contributed by atoms with van der Waals surface area (Å²) >= 11 is 0. The van der Waals surface area contributed by atoms with E-state index in [2.05, 4.69) is 53.8 Å². The molecule has 0 bridgehead atoms. The Morgan fingerprint density at radius 3 is 1.50 bits per heavy atom. The highest BCUT2D eigenvalue weighted by molar-refractivity contribution is 5.53. The number of hydrogen-bond donors (Lipinski definition) is 0. The molecule has 0 nitrogen and oxygen atoms in total. The van der Waals surface area contributed by atoms with Gasteiger partial charge >= 0.3 is 0 Å². The Morgan fingerprint density at radius 1 is 0.533 bits per heavy atom. The molecule has 1 aliphatic rings. The smallest absolute Gasteiger partial charge is 0.0805 e. The summed E-state index contributed by atoms with van der Waals surface area (Å²) in [6, 6.07) is 30.1. The molecule has 0 radical (unpaired) electrons. The second kappa shape index (κ2) is 9.34. The molecule has 0 aliphatic heterocycles. The highest BCUT2D eigenvalue weighted by Gasteiger charge is 2.24. The summed E-state index contributed by atoms with van der Waals surface area (Å²) in [5.41, 5.74) is 3.33. The molecule has 3 aromatic carbocycles. The minimum atomic E-state index is -0.568. The zero-order valence-corrected chi connectivity index (χ0v) is 16.6. The fourth-order valence-electron chi connectivity index (χ4n) is 3.10. The molecule has 3 aromatic rings. The highest BCUT2D eigenvalue weighted by Crippen LogP contribution is 2.29. The topological polar surface area (TPSA) is 0 Å². The van der Waals surface area contributed by atoms with Gasteiger partial charge in [-0.15, -0.1) is 0 Å². The van der Waals surface area contributed by atoms with E-state index in [1.54, 1.807) is 0 Å². The third-order valence-corrected chi connectivity index (χ3v) is 4.67. The molecule has 30 heavy (non-hydrogen) atoms. The first-order valence-corrected chi connectivity index (χ1v) is 9.94. The van der Waals surface area contributed by atoms with Crippen LogP contribution in [-0.2, 0) is 0 Å². The average molecular weight is 380 g/mol. The van der Waals surface area contributed by atoms with Crippen LogP contribution in [0.1, 0.15) is 23.1 Å². The second-order valence-corrected chi connectivity index (χ2v) is 7.03. The lowest BCUT2D eigenvalue weighted by Gasteiger charge is -2.20. The molecule has 0 aromatic heterocycles. The van der Waals surface area contributed by atoms with Gasteiger partial charge in [0.1, 0.15) is 5.41 Å². The lowest BCUT2D eigenvalue weighted by atomic mass is 9.80. The molecule has 0 atom stereocenters. The molecule has 0 amide bonds. The molecule has 140 valence electrons. The van der Waals surface area contributed by atoms with Gasteiger partial charge in [0.05, 0.1) is 0 Å². The summed E-state index contributed by atoms with van der Waals surface area (Å²) < 4.78 is 0. The summed E-state index contributed by atoms with van der Waals surface area (Å²) in [4.78, 5) is 0. The normalized spacial score (nSPS) is 13.4. The Hall–Kier alpha value is -4.18. The minimum Gasteiger partial charge on any atom is -0.0805 e. The van der Waals surface area contributed by atoms with Crippen LogP contribution in [0.3, 0.4) is 0 Å². The third-order valence-electron chi connectivity index (χ3n) is 4.67. The van der Waals surface area contributed by atoms with Crippen LogP contribution in [0.2, 0.25) is 0 Å². The first-order valence-electron chi connectivity index (χ1n) is 9.94. The Balaban J connectivity index is 1.73. The molecule has 0 unspecified atom stereocenters. The third kappa shape index (κ3) is 5.20. The largest absolute Gasteiger partial charge is 0.115 e. The van der Waals surface area contributed by atoms with E-state index in [-0.39, 0.29) is 0 Å². The van der Waals surface area contributed by atoms with Gasteiger partial charge in [-0.3, -0.25) is 0 Å². The summed E-state index contributed by atoms with van der Waals surface area (Å²) in [7, 11) is 0. The van der Waals surface area contributed by atoms with Crippen molar-refractivity contribution in [3.63, 3.8) is 0 Å². The van der Waals surface area contributed by atoms with E-state index in [1.165, 1.54) is 0 Å². The molecule has 4 rings (SSSR count). The summed E-state index contributed by atoms with van der Waals surface area (Å²) in [5.74, 6) is 20.0. The maximum Gasteiger partial charge on any atom is 0.115 e. The summed E-state index contributed by atoms with van der Waals surface area (Å²) in [6.07, 6.45) is 7.02. The van der Waals surface area contributed by atoms with Gasteiger partial charge in [0.25, 0.3) is 0 Å². The van der Waals surface area contributed by atoms with E-state index in [4.69, 9.17) is 0 Å². The molecule has 0 heteroatoms. The molecule has 0 saturated heterocycles. The van der Waals surface area contributed by atoms with E-state index in [1.807, 2.05) is 91.0 Å². The Labute approximate surface area is 179 Å². The van der Waals surface area contributed by atoms with Crippen LogP contribution in [0.5, 0.6) is 0 Å². The zero-order valence-electron chi connectivity index (χ0n) is 16.6. The van der Waals surface area contributed by atoms with E-state index in [9.17, 15) is 0 Å². The number of hydrogen-bond acceptors (Lipinski definition) is 0. The standard InChI is InChI=1S/C30H20/c1-4-11-26(12-5-1)18-19-29-17-10-22-30(25-29,23-20-27-13-6-2-7-14-27)24-21-28-15-8-3-9-16-28/h1-17,25H,22H2. The average Bonchev–Trinajstić information content (AvgIpc) is 2.83. The second-order valence-electron chi connectivity index (χ2n) is 7.03. The van der Waals surface area contributed by atoms with Crippen LogP contribution < -0.4 is 0 Å². The molecule has 0 N–H and O–H groups in total. The molecule has 0 heterocycles. The van der Waals surface area contributed by atoms with E-state index in [0.29, 0.717) is 0 Å². The van der Waals surface area contributed by atoms with Crippen molar-refractivity contribution in [2.75, 3.05) is 0 Å². The fraction of sp³-hybridized carbons (Fsp3) is 0.0667. The van der Waals surface area contributed by atoms with Crippen molar-refractivity contribution >= 4 is 0 Å². The SMILES string of the molecule is C(#Cc1ccccc1)C1=CC(C#Cc2ccccc2)(C#Cc2ccccc2)CC=C1. The zero-order chi connectivity index (χ0) is 20.5. The van der Waals surface area contributed by atoms with Gasteiger partial charge in [0.15, 0.2) is 0 Å². The summed E-state index contributed by atoms with van der Waals surface area (Å²) in [5, 5.41) is 0. The Bertz CT molecular complexity index is 1180. The first kappa shape index (κ1) is 19.2. The van der Waals surface area contributed by atoms with Crippen molar-refractivity contribution in [2.45, 2.75) is 6.42 Å². The van der Waals surface area contributed by atoms with Gasteiger partial charge in [0, 0.05) is 22.3 Å². The number of rotatable bonds is 0. The van der Waals surface area contributed by atoms with Crippen LogP contribution in [-0.4, -0.2) is 0 Å². The molecule has 1 aliphatic carbocycles. The lowest BCUT2D eigenvalue weighted by Crippen LogP contribution is -2.15. The summed E-state index contributed by atoms with van der Waals surface area (Å²) in [6.45, 7) is 0. The monoisotopic (exact) mass is 380 g/mol. The van der Waals surface area contributed by atoms with Crippen LogP contribution in [0.4, 0.5) is 0 Å². The van der Waals surface area contributed by atoms with Gasteiger partial charge in [0.2, 0.25) is 0 Å². The highest BCUT2D eigenvalue weighted by atomic mass is 14.2. The van der Waals surface area contributed by atoms with Crippen LogP contribution in [0.25, 0.3) is 0 Å². The van der Waals surface area contributed by atoms with Crippen molar-refractivity contribution in [1.29, 1.82) is 0 Å². The molecular weight excluding hydrogens is 360 g/mol. The first-order chi connectivity index (χ1) is 14.8. The van der Waals surface area contributed by atoms with Crippen molar-refractivity contribution in [2.24, 2.45) is 5.41 Å². The van der Waals surface area contributed by atoms with Gasteiger partial charge in [-0.25, -0.2) is 0 Å². The number of benzene rings is 3. The molecular formula is C30H20. The predicted octanol–water partition coefficient (Wildman–Crippen LogP) is 6.01. The Morgan fingerprint density at radius 2 is 1.00 bits per heavy atom. The van der Waals surface area contributed by atoms with E-state index < -0.39 is 5.41 Å². The quantitative estimate of drug-likeness (QED) is 0.419. The fourth-order valence-corrected chi connectivity index (χ4v) is 3.10. The molecule has 0 spiro atoms.